The number of aromatic nitrogens is 2. The molecular weight excluding hydrogens is 781 g/mol. The van der Waals surface area contributed by atoms with Gasteiger partial charge in [0.2, 0.25) is 0 Å². The number of hydrogen-bond acceptors (Lipinski definition) is 4. The molecule has 10 rings (SSSR count). The summed E-state index contributed by atoms with van der Waals surface area (Å²) in [6, 6.07) is 63.5. The lowest BCUT2D eigenvalue weighted by Crippen LogP contribution is -2.24. The van der Waals surface area contributed by atoms with Gasteiger partial charge in [0.15, 0.2) is 0 Å². The average Bonchev–Trinajstić information content (AvgIpc) is 3.84. The SMILES string of the molecule is CC(C)(C)c1cccc(N2CN(c3cccc(Oc4ccc5c6cc(-c7ccccc7)ccc6n(-c6cc(C(C)(C)C)ccn6)c5c4)c3)c3cc(C(C)(C)c4ccccc4)ccc32)c1. The molecule has 9 aromatic rings. The third-order valence-electron chi connectivity index (χ3n) is 13.1. The minimum absolute atomic E-state index is 0.0285. The smallest absolute Gasteiger partial charge is 0.137 e. The summed E-state index contributed by atoms with van der Waals surface area (Å²) in [5.41, 5.74) is 14.0. The predicted molar refractivity (Wildman–Crippen MR) is 269 cm³/mol. The average molecular weight is 837 g/mol. The van der Waals surface area contributed by atoms with Gasteiger partial charge < -0.3 is 14.5 Å². The second kappa shape index (κ2) is 15.6. The number of benzene rings is 7. The van der Waals surface area contributed by atoms with Crippen LogP contribution in [0, 0.1) is 0 Å². The Balaban J connectivity index is 1.05. The number of anilines is 4. The maximum absolute atomic E-state index is 6.86. The van der Waals surface area contributed by atoms with Crippen LogP contribution < -0.4 is 14.5 Å². The number of hydrogen-bond donors (Lipinski definition) is 0. The Hall–Kier alpha value is -7.11. The highest BCUT2D eigenvalue weighted by Crippen LogP contribution is 2.48. The van der Waals surface area contributed by atoms with Crippen molar-refractivity contribution in [3.63, 3.8) is 0 Å². The lowest BCUT2D eigenvalue weighted by molar-refractivity contribution is 0.483. The van der Waals surface area contributed by atoms with Crippen molar-refractivity contribution in [2.45, 2.75) is 71.6 Å². The summed E-state index contributed by atoms with van der Waals surface area (Å²) in [6.07, 6.45) is 1.93. The largest absolute Gasteiger partial charge is 0.457 e. The molecule has 1 aliphatic heterocycles. The van der Waals surface area contributed by atoms with E-state index < -0.39 is 0 Å². The van der Waals surface area contributed by atoms with E-state index in [1.165, 1.54) is 55.8 Å². The van der Waals surface area contributed by atoms with Crippen LogP contribution in [-0.4, -0.2) is 16.2 Å². The zero-order valence-electron chi connectivity index (χ0n) is 38.2. The Labute approximate surface area is 378 Å². The number of pyridine rings is 1. The molecule has 5 heteroatoms. The monoisotopic (exact) mass is 836 g/mol. The molecule has 0 saturated carbocycles. The number of rotatable bonds is 8. The lowest BCUT2D eigenvalue weighted by Gasteiger charge is -2.28. The molecular formula is C59H56N4O. The molecule has 3 heterocycles. The summed E-state index contributed by atoms with van der Waals surface area (Å²) in [4.78, 5) is 9.83. The summed E-state index contributed by atoms with van der Waals surface area (Å²) < 4.78 is 9.15. The minimum Gasteiger partial charge on any atom is -0.457 e. The van der Waals surface area contributed by atoms with E-state index in [9.17, 15) is 0 Å². The minimum atomic E-state index is -0.194. The van der Waals surface area contributed by atoms with Crippen LogP contribution in [0.3, 0.4) is 0 Å². The fourth-order valence-electron chi connectivity index (χ4n) is 9.23. The zero-order valence-corrected chi connectivity index (χ0v) is 38.2. The molecule has 0 N–H and O–H groups in total. The molecule has 1 aliphatic rings. The van der Waals surface area contributed by atoms with Crippen molar-refractivity contribution < 1.29 is 4.74 Å². The highest BCUT2D eigenvalue weighted by atomic mass is 16.5. The molecule has 0 spiro atoms. The van der Waals surface area contributed by atoms with Crippen molar-refractivity contribution >= 4 is 44.6 Å². The first-order chi connectivity index (χ1) is 30.7. The van der Waals surface area contributed by atoms with E-state index in [4.69, 9.17) is 9.72 Å². The maximum atomic E-state index is 6.86. The fraction of sp³-hybridized carbons (Fsp3) is 0.203. The van der Waals surface area contributed by atoms with E-state index >= 15 is 0 Å². The quantitative estimate of drug-likeness (QED) is 0.153. The van der Waals surface area contributed by atoms with Gasteiger partial charge in [0, 0.05) is 45.9 Å². The Bertz CT molecular complexity index is 3170. The number of fused-ring (bicyclic) bond motifs is 4. The summed E-state index contributed by atoms with van der Waals surface area (Å²) in [5, 5.41) is 2.32. The van der Waals surface area contributed by atoms with Gasteiger partial charge in [-0.05, 0) is 117 Å². The molecule has 7 aromatic carbocycles. The molecule has 0 bridgehead atoms. The van der Waals surface area contributed by atoms with Gasteiger partial charge in [-0.3, -0.25) is 4.57 Å². The van der Waals surface area contributed by atoms with Crippen LogP contribution in [0.5, 0.6) is 11.5 Å². The molecule has 0 amide bonds. The topological polar surface area (TPSA) is 33.5 Å². The van der Waals surface area contributed by atoms with Gasteiger partial charge in [-0.2, -0.15) is 0 Å². The van der Waals surface area contributed by atoms with Crippen molar-refractivity contribution in [2.24, 2.45) is 0 Å². The van der Waals surface area contributed by atoms with E-state index in [1.807, 2.05) is 6.20 Å². The van der Waals surface area contributed by atoms with Gasteiger partial charge in [0.05, 0.1) is 22.4 Å². The van der Waals surface area contributed by atoms with Crippen LogP contribution in [-0.2, 0) is 16.2 Å². The Kier molecular flexibility index (Phi) is 9.98. The maximum Gasteiger partial charge on any atom is 0.137 e. The van der Waals surface area contributed by atoms with Gasteiger partial charge in [-0.15, -0.1) is 0 Å². The van der Waals surface area contributed by atoms with Crippen LogP contribution in [0.25, 0.3) is 38.8 Å². The third kappa shape index (κ3) is 7.49. The standard InChI is InChI=1S/C59H56N4O/c1-57(2,3)43-21-15-22-46(34-43)61-39-62(55-35-45(26-30-53(55)61)59(7,8)42-19-13-10-14-20-42)47-23-16-24-48(37-47)64-49-27-28-50-51-33-41(40-17-11-9-12-18-40)25-29-52(51)63(54(50)38-49)56-36-44(31-32-60-56)58(4,5)6/h9-38H,39H2,1-8H3. The first-order valence-electron chi connectivity index (χ1n) is 22.5. The van der Waals surface area contributed by atoms with E-state index in [2.05, 4.69) is 246 Å². The lowest BCUT2D eigenvalue weighted by atomic mass is 9.78. The molecule has 0 saturated heterocycles. The summed E-state index contributed by atoms with van der Waals surface area (Å²) >= 11 is 0. The van der Waals surface area contributed by atoms with E-state index in [0.717, 1.165) is 39.4 Å². The van der Waals surface area contributed by atoms with Gasteiger partial charge in [0.25, 0.3) is 0 Å². The molecule has 0 unspecified atom stereocenters. The predicted octanol–water partition coefficient (Wildman–Crippen LogP) is 15.8. The molecule has 5 nitrogen and oxygen atoms in total. The molecule has 318 valence electrons. The van der Waals surface area contributed by atoms with Crippen molar-refractivity contribution in [3.8, 4) is 28.4 Å². The molecule has 64 heavy (non-hydrogen) atoms. The molecule has 0 radical (unpaired) electrons. The zero-order chi connectivity index (χ0) is 44.4. The van der Waals surface area contributed by atoms with E-state index in [-0.39, 0.29) is 16.2 Å². The van der Waals surface area contributed by atoms with Gasteiger partial charge >= 0.3 is 0 Å². The summed E-state index contributed by atoms with van der Waals surface area (Å²) in [5.74, 6) is 2.42. The van der Waals surface area contributed by atoms with Crippen LogP contribution >= 0.6 is 0 Å². The Morgan fingerprint density at radius 1 is 0.438 bits per heavy atom. The Morgan fingerprint density at radius 2 is 1.09 bits per heavy atom. The number of ether oxygens (including phenoxy) is 1. The van der Waals surface area contributed by atoms with Crippen LogP contribution in [0.1, 0.15) is 77.6 Å². The second-order valence-corrected chi connectivity index (χ2v) is 19.9. The molecule has 0 aliphatic carbocycles. The third-order valence-corrected chi connectivity index (χ3v) is 13.1. The van der Waals surface area contributed by atoms with Crippen LogP contribution in [0.4, 0.5) is 22.7 Å². The van der Waals surface area contributed by atoms with Crippen LogP contribution in [0.15, 0.2) is 182 Å². The van der Waals surface area contributed by atoms with Crippen molar-refractivity contribution in [2.75, 3.05) is 16.5 Å². The first kappa shape index (κ1) is 40.9. The van der Waals surface area contributed by atoms with E-state index in [0.29, 0.717) is 6.67 Å². The number of nitrogens with zero attached hydrogens (tertiary/aromatic N) is 4. The van der Waals surface area contributed by atoms with Crippen molar-refractivity contribution in [3.05, 3.63) is 204 Å². The highest BCUT2D eigenvalue weighted by Gasteiger charge is 2.32. The van der Waals surface area contributed by atoms with Gasteiger partial charge in [-0.1, -0.05) is 146 Å². The molecule has 0 fully saturated rings. The van der Waals surface area contributed by atoms with E-state index in [1.54, 1.807) is 0 Å². The Morgan fingerprint density at radius 3 is 1.84 bits per heavy atom. The molecule has 0 atom stereocenters. The van der Waals surface area contributed by atoms with Crippen molar-refractivity contribution in [1.29, 1.82) is 0 Å². The first-order valence-corrected chi connectivity index (χ1v) is 22.5. The normalized spacial score (nSPS) is 13.2. The van der Waals surface area contributed by atoms with Crippen molar-refractivity contribution in [1.82, 2.24) is 9.55 Å². The van der Waals surface area contributed by atoms with Gasteiger partial charge in [-0.25, -0.2) is 4.98 Å². The highest BCUT2D eigenvalue weighted by molar-refractivity contribution is 6.10. The van der Waals surface area contributed by atoms with Crippen LogP contribution in [0.2, 0.25) is 0 Å². The second-order valence-electron chi connectivity index (χ2n) is 19.9. The fourth-order valence-corrected chi connectivity index (χ4v) is 9.23. The van der Waals surface area contributed by atoms with Gasteiger partial charge in [0.1, 0.15) is 24.0 Å². The molecule has 2 aromatic heterocycles. The summed E-state index contributed by atoms with van der Waals surface area (Å²) in [6.45, 7) is 18.9. The summed E-state index contributed by atoms with van der Waals surface area (Å²) in [7, 11) is 0.